The summed E-state index contributed by atoms with van der Waals surface area (Å²) in [6, 6.07) is 5.53. The fourth-order valence-corrected chi connectivity index (χ4v) is 4.34. The molecular formula is C18H17N3O7S. The maximum absolute atomic E-state index is 12.7. The van der Waals surface area contributed by atoms with E-state index in [-0.39, 0.29) is 28.4 Å². The summed E-state index contributed by atoms with van der Waals surface area (Å²) in [6.45, 7) is 0.565. The van der Waals surface area contributed by atoms with Crippen molar-refractivity contribution in [3.8, 4) is 0 Å². The lowest BCUT2D eigenvalue weighted by Gasteiger charge is -2.25. The molecule has 0 aliphatic carbocycles. The van der Waals surface area contributed by atoms with Crippen LogP contribution in [0.25, 0.3) is 0 Å². The van der Waals surface area contributed by atoms with Crippen LogP contribution in [0.15, 0.2) is 24.3 Å². The fourth-order valence-electron chi connectivity index (χ4n) is 3.09. The van der Waals surface area contributed by atoms with E-state index in [0.29, 0.717) is 23.4 Å². The van der Waals surface area contributed by atoms with Crippen LogP contribution in [0.3, 0.4) is 0 Å². The number of esters is 1. The highest BCUT2D eigenvalue weighted by Gasteiger charge is 2.32. The fraction of sp³-hybridized carbons (Fsp3) is 0.278. The Hall–Kier alpha value is -3.47. The predicted octanol–water partition coefficient (Wildman–Crippen LogP) is 2.82. The van der Waals surface area contributed by atoms with Crippen LogP contribution in [-0.4, -0.2) is 48.6 Å². The molecule has 11 heteroatoms. The molecule has 2 aromatic rings. The van der Waals surface area contributed by atoms with E-state index in [4.69, 9.17) is 9.47 Å². The molecule has 10 nitrogen and oxygen atoms in total. The van der Waals surface area contributed by atoms with Gasteiger partial charge in [0.15, 0.2) is 0 Å². The van der Waals surface area contributed by atoms with E-state index >= 15 is 0 Å². The highest BCUT2D eigenvalue weighted by molar-refractivity contribution is 7.17. The highest BCUT2D eigenvalue weighted by Crippen LogP contribution is 2.38. The number of fused-ring (bicyclic) bond motifs is 1. The van der Waals surface area contributed by atoms with Crippen molar-refractivity contribution in [2.75, 3.05) is 26.1 Å². The molecule has 1 aromatic carbocycles. The molecule has 1 N–H and O–H groups in total. The summed E-state index contributed by atoms with van der Waals surface area (Å²) in [5.74, 6) is -1.35. The first kappa shape index (κ1) is 20.3. The van der Waals surface area contributed by atoms with Gasteiger partial charge in [0.1, 0.15) is 10.6 Å². The number of carbonyl (C=O) groups excluding carboxylic acids is 3. The van der Waals surface area contributed by atoms with E-state index in [1.54, 1.807) is 0 Å². The van der Waals surface area contributed by atoms with Crippen LogP contribution in [0.5, 0.6) is 0 Å². The van der Waals surface area contributed by atoms with Crippen LogP contribution in [-0.2, 0) is 22.4 Å². The molecule has 152 valence electrons. The smallest absolute Gasteiger partial charge is 0.409 e. The van der Waals surface area contributed by atoms with Crippen LogP contribution in [0.1, 0.15) is 31.2 Å². The third kappa shape index (κ3) is 3.90. The number of methoxy groups -OCH3 is 2. The predicted molar refractivity (Wildman–Crippen MR) is 103 cm³/mol. The largest absolute Gasteiger partial charge is 0.465 e. The number of nitrogens with one attached hydrogen (secondary N) is 1. The Kier molecular flexibility index (Phi) is 5.78. The molecule has 2 heterocycles. The van der Waals surface area contributed by atoms with Gasteiger partial charge in [-0.3, -0.25) is 14.9 Å². The molecule has 0 bridgehead atoms. The topological polar surface area (TPSA) is 128 Å². The zero-order valence-electron chi connectivity index (χ0n) is 15.6. The maximum Gasteiger partial charge on any atom is 0.409 e. The minimum Gasteiger partial charge on any atom is -0.465 e. The Bertz CT molecular complexity index is 1000. The number of benzene rings is 1. The van der Waals surface area contributed by atoms with Crippen LogP contribution >= 0.6 is 11.3 Å². The monoisotopic (exact) mass is 419 g/mol. The van der Waals surface area contributed by atoms with Gasteiger partial charge in [0.2, 0.25) is 0 Å². The van der Waals surface area contributed by atoms with Crippen molar-refractivity contribution in [1.29, 1.82) is 0 Å². The summed E-state index contributed by atoms with van der Waals surface area (Å²) in [5.41, 5.74) is 0.405. The molecule has 2 amide bonds. The Morgan fingerprint density at radius 3 is 2.59 bits per heavy atom. The quantitative estimate of drug-likeness (QED) is 0.458. The number of nitro groups is 1. The molecule has 0 saturated heterocycles. The lowest BCUT2D eigenvalue weighted by molar-refractivity contribution is -0.385. The van der Waals surface area contributed by atoms with Crippen molar-refractivity contribution in [3.05, 3.63) is 55.9 Å². The van der Waals surface area contributed by atoms with Gasteiger partial charge in [0.25, 0.3) is 11.6 Å². The van der Waals surface area contributed by atoms with Crippen molar-refractivity contribution in [1.82, 2.24) is 4.90 Å². The number of hydrogen-bond acceptors (Lipinski definition) is 8. The number of para-hydroxylation sites is 1. The highest BCUT2D eigenvalue weighted by atomic mass is 32.1. The SMILES string of the molecule is COC(=O)c1c(NC(=O)c2ccccc2[N+](=O)[O-])sc2c1CCN(C(=O)OC)C2. The number of rotatable bonds is 4. The summed E-state index contributed by atoms with van der Waals surface area (Å²) in [5, 5.41) is 14.0. The summed E-state index contributed by atoms with van der Waals surface area (Å²) in [6.07, 6.45) is -0.110. The Morgan fingerprint density at radius 2 is 1.93 bits per heavy atom. The van der Waals surface area contributed by atoms with Gasteiger partial charge in [-0.1, -0.05) is 12.1 Å². The van der Waals surface area contributed by atoms with E-state index in [9.17, 15) is 24.5 Å². The molecular weight excluding hydrogens is 402 g/mol. The maximum atomic E-state index is 12.7. The van der Waals surface area contributed by atoms with Crippen LogP contribution in [0.2, 0.25) is 0 Å². The molecule has 3 rings (SSSR count). The lowest BCUT2D eigenvalue weighted by atomic mass is 10.0. The number of ether oxygens (including phenoxy) is 2. The summed E-state index contributed by atoms with van der Waals surface area (Å²) in [7, 11) is 2.51. The van der Waals surface area contributed by atoms with E-state index < -0.39 is 22.9 Å². The van der Waals surface area contributed by atoms with Gasteiger partial charge in [0, 0.05) is 17.5 Å². The summed E-state index contributed by atoms with van der Waals surface area (Å²) in [4.78, 5) is 49.6. The number of hydrogen-bond donors (Lipinski definition) is 1. The third-order valence-corrected chi connectivity index (χ3v) is 5.58. The Labute approximate surface area is 169 Å². The molecule has 29 heavy (non-hydrogen) atoms. The Balaban J connectivity index is 1.97. The first-order valence-electron chi connectivity index (χ1n) is 8.47. The second kappa shape index (κ2) is 8.27. The molecule has 0 atom stereocenters. The molecule has 0 saturated carbocycles. The van der Waals surface area contributed by atoms with Gasteiger partial charge < -0.3 is 19.7 Å². The van der Waals surface area contributed by atoms with E-state index in [2.05, 4.69) is 5.32 Å². The van der Waals surface area contributed by atoms with E-state index in [1.807, 2.05) is 0 Å². The minimum atomic E-state index is -0.717. The average molecular weight is 419 g/mol. The molecule has 0 spiro atoms. The number of nitro benzene ring substituents is 1. The molecule has 0 unspecified atom stereocenters. The second-order valence-corrected chi connectivity index (χ2v) is 7.17. The summed E-state index contributed by atoms with van der Waals surface area (Å²) >= 11 is 1.12. The van der Waals surface area contributed by atoms with Crippen LogP contribution in [0.4, 0.5) is 15.5 Å². The van der Waals surface area contributed by atoms with Gasteiger partial charge in [-0.15, -0.1) is 11.3 Å². The van der Waals surface area contributed by atoms with E-state index in [1.165, 1.54) is 43.4 Å². The number of anilines is 1. The number of thiophene rings is 1. The second-order valence-electron chi connectivity index (χ2n) is 6.07. The average Bonchev–Trinajstić information content (AvgIpc) is 3.09. The van der Waals surface area contributed by atoms with Gasteiger partial charge in [0.05, 0.1) is 31.3 Å². The number of carbonyl (C=O) groups is 3. The standard InChI is InChI=1S/C18H17N3O7S/c1-27-17(23)14-11-7-8-20(18(24)28-2)9-13(11)29-16(14)19-15(22)10-5-3-4-6-12(10)21(25)26/h3-6H,7-9H2,1-2H3,(H,19,22). The molecule has 0 fully saturated rings. The number of nitrogens with zero attached hydrogens (tertiary/aromatic N) is 2. The van der Waals surface area contributed by atoms with E-state index in [0.717, 1.165) is 11.3 Å². The van der Waals surface area contributed by atoms with Crippen LogP contribution in [0, 0.1) is 10.1 Å². The van der Waals surface area contributed by atoms with Crippen molar-refractivity contribution >= 4 is 40.0 Å². The van der Waals surface area contributed by atoms with Gasteiger partial charge in [-0.2, -0.15) is 0 Å². The first-order chi connectivity index (χ1) is 13.9. The van der Waals surface area contributed by atoms with Crippen LogP contribution < -0.4 is 5.32 Å². The van der Waals surface area contributed by atoms with Gasteiger partial charge in [-0.25, -0.2) is 9.59 Å². The molecule has 1 aliphatic heterocycles. The van der Waals surface area contributed by atoms with Crippen molar-refractivity contribution in [2.24, 2.45) is 0 Å². The van der Waals surface area contributed by atoms with Crippen molar-refractivity contribution in [2.45, 2.75) is 13.0 Å². The third-order valence-electron chi connectivity index (χ3n) is 4.45. The molecule has 1 aliphatic rings. The number of amides is 2. The minimum absolute atomic E-state index is 0.129. The first-order valence-corrected chi connectivity index (χ1v) is 9.29. The van der Waals surface area contributed by atoms with Crippen molar-refractivity contribution in [3.63, 3.8) is 0 Å². The summed E-state index contributed by atoms with van der Waals surface area (Å²) < 4.78 is 9.58. The normalized spacial score (nSPS) is 12.7. The zero-order chi connectivity index (χ0) is 21.1. The molecule has 0 radical (unpaired) electrons. The van der Waals surface area contributed by atoms with Crippen molar-refractivity contribution < 1.29 is 28.8 Å². The zero-order valence-corrected chi connectivity index (χ0v) is 16.4. The molecule has 1 aromatic heterocycles. The van der Waals surface area contributed by atoms with Gasteiger partial charge in [-0.05, 0) is 18.1 Å². The lowest BCUT2D eigenvalue weighted by Crippen LogP contribution is -2.35. The Morgan fingerprint density at radius 1 is 1.21 bits per heavy atom. The van der Waals surface area contributed by atoms with Gasteiger partial charge >= 0.3 is 12.1 Å².